The number of aryl methyl sites for hydroxylation is 2. The van der Waals surface area contributed by atoms with E-state index >= 15 is 0 Å². The number of benzene rings is 1. The Morgan fingerprint density at radius 2 is 2.18 bits per heavy atom. The maximum absolute atomic E-state index is 12.9. The van der Waals surface area contributed by atoms with Crippen molar-refractivity contribution in [3.63, 3.8) is 0 Å². The van der Waals surface area contributed by atoms with Gasteiger partial charge in [-0.2, -0.15) is 9.78 Å². The number of fused-ring (bicyclic) bond motifs is 3. The summed E-state index contributed by atoms with van der Waals surface area (Å²) >= 11 is 1.55. The average molecular weight is 400 g/mol. The summed E-state index contributed by atoms with van der Waals surface area (Å²) in [7, 11) is 1.29. The van der Waals surface area contributed by atoms with E-state index in [-0.39, 0.29) is 11.3 Å². The predicted octanol–water partition coefficient (Wildman–Crippen LogP) is 2.84. The minimum Gasteiger partial charge on any atom is -0.500 e. The average Bonchev–Trinajstić information content (AvgIpc) is 3.07. The Labute approximate surface area is 162 Å². The van der Waals surface area contributed by atoms with Gasteiger partial charge >= 0.3 is 5.69 Å². The third-order valence-corrected chi connectivity index (χ3v) is 5.88. The Morgan fingerprint density at radius 1 is 1.39 bits per heavy atom. The van der Waals surface area contributed by atoms with Crippen LogP contribution in [0.25, 0.3) is 10.2 Å². The Balaban J connectivity index is 1.77. The highest BCUT2D eigenvalue weighted by atomic mass is 32.1. The zero-order valence-electron chi connectivity index (χ0n) is 14.9. The summed E-state index contributed by atoms with van der Waals surface area (Å²) in [6.07, 6.45) is 6.64. The number of methoxy groups -OCH3 is 1. The summed E-state index contributed by atoms with van der Waals surface area (Å²) in [6, 6.07) is 2.56. The van der Waals surface area contributed by atoms with Crippen LogP contribution < -0.4 is 10.3 Å². The maximum atomic E-state index is 12.9. The number of aromatic nitrogens is 2. The Morgan fingerprint density at radius 3 is 2.93 bits per heavy atom. The number of thiophene rings is 1. The fourth-order valence-corrected chi connectivity index (χ4v) is 4.55. The molecule has 9 nitrogen and oxygen atoms in total. The van der Waals surface area contributed by atoms with Gasteiger partial charge in [0.1, 0.15) is 11.2 Å². The summed E-state index contributed by atoms with van der Waals surface area (Å²) in [6.45, 7) is 0. The molecular weight excluding hydrogens is 384 g/mol. The zero-order valence-corrected chi connectivity index (χ0v) is 15.7. The van der Waals surface area contributed by atoms with E-state index in [1.54, 1.807) is 11.3 Å². The van der Waals surface area contributed by atoms with Crippen molar-refractivity contribution in [1.29, 1.82) is 0 Å². The number of phenols is 1. The third-order valence-electron chi connectivity index (χ3n) is 4.68. The first-order valence-electron chi connectivity index (χ1n) is 8.61. The SMILES string of the molecule is COc1cc(/C=N/n2cnc3sc4c(c3c2=O)CCCC4)cc([N+](=O)[O-])c1O. The molecule has 2 aromatic heterocycles. The van der Waals surface area contributed by atoms with Crippen LogP contribution in [0.15, 0.2) is 28.4 Å². The van der Waals surface area contributed by atoms with E-state index in [4.69, 9.17) is 4.74 Å². The number of aromatic hydroxyl groups is 1. The van der Waals surface area contributed by atoms with Crippen molar-refractivity contribution in [3.05, 3.63) is 54.9 Å². The Bertz CT molecular complexity index is 1180. The minimum atomic E-state index is -0.716. The number of ether oxygens (including phenoxy) is 1. The van der Waals surface area contributed by atoms with Gasteiger partial charge in [-0.1, -0.05) is 0 Å². The molecule has 0 amide bonds. The van der Waals surface area contributed by atoms with Crippen LogP contribution in [0.4, 0.5) is 5.69 Å². The van der Waals surface area contributed by atoms with Crippen molar-refractivity contribution in [2.24, 2.45) is 5.10 Å². The predicted molar refractivity (Wildman–Crippen MR) is 105 cm³/mol. The van der Waals surface area contributed by atoms with Gasteiger partial charge in [0.05, 0.1) is 23.6 Å². The number of nitro groups is 1. The molecule has 0 saturated heterocycles. The van der Waals surface area contributed by atoms with Crippen LogP contribution in [0.5, 0.6) is 11.5 Å². The van der Waals surface area contributed by atoms with Gasteiger partial charge in [0.25, 0.3) is 5.56 Å². The number of nitrogens with zero attached hydrogens (tertiary/aromatic N) is 4. The van der Waals surface area contributed by atoms with Crippen LogP contribution in [0, 0.1) is 10.1 Å². The van der Waals surface area contributed by atoms with E-state index < -0.39 is 16.4 Å². The first kappa shape index (κ1) is 18.1. The molecule has 1 aliphatic rings. The summed E-state index contributed by atoms with van der Waals surface area (Å²) in [5.74, 6) is -0.613. The van der Waals surface area contributed by atoms with Crippen LogP contribution in [0.2, 0.25) is 0 Å². The molecule has 2 heterocycles. The number of phenolic OH excluding ortho intramolecular Hbond substituents is 1. The minimum absolute atomic E-state index is 0.0523. The highest BCUT2D eigenvalue weighted by Gasteiger charge is 2.21. The molecule has 0 atom stereocenters. The molecule has 28 heavy (non-hydrogen) atoms. The van der Waals surface area contributed by atoms with E-state index in [0.717, 1.165) is 42.0 Å². The smallest absolute Gasteiger partial charge is 0.315 e. The maximum Gasteiger partial charge on any atom is 0.315 e. The van der Waals surface area contributed by atoms with Gasteiger partial charge < -0.3 is 9.84 Å². The van der Waals surface area contributed by atoms with E-state index in [1.165, 1.54) is 30.6 Å². The van der Waals surface area contributed by atoms with Crippen molar-refractivity contribution < 1.29 is 14.8 Å². The lowest BCUT2D eigenvalue weighted by atomic mass is 9.97. The lowest BCUT2D eigenvalue weighted by Gasteiger charge is -2.09. The normalized spacial score (nSPS) is 13.8. The lowest BCUT2D eigenvalue weighted by molar-refractivity contribution is -0.386. The zero-order chi connectivity index (χ0) is 19.8. The largest absolute Gasteiger partial charge is 0.500 e. The summed E-state index contributed by atoms with van der Waals surface area (Å²) in [5.41, 5.74) is 0.602. The molecule has 0 bridgehead atoms. The summed E-state index contributed by atoms with van der Waals surface area (Å²) in [4.78, 5) is 29.5. The van der Waals surface area contributed by atoms with Gasteiger partial charge in [-0.05, 0) is 37.3 Å². The van der Waals surface area contributed by atoms with E-state index in [1.807, 2.05) is 0 Å². The van der Waals surface area contributed by atoms with Crippen LogP contribution in [0.3, 0.4) is 0 Å². The standard InChI is InChI=1S/C18H16N4O5S/c1-27-13-7-10(6-12(16(13)23)22(25)26)8-20-21-9-19-17-15(18(21)24)11-4-2-3-5-14(11)28-17/h6-9,23H,2-5H2,1H3/b20-8+. The van der Waals surface area contributed by atoms with Crippen molar-refractivity contribution >= 4 is 33.5 Å². The second kappa shape index (κ2) is 7.04. The molecular formula is C18H16N4O5S. The Kier molecular flexibility index (Phi) is 4.55. The van der Waals surface area contributed by atoms with Crippen LogP contribution in [-0.2, 0) is 12.8 Å². The number of hydrogen-bond acceptors (Lipinski definition) is 8. The number of hydrogen-bond donors (Lipinski definition) is 1. The van der Waals surface area contributed by atoms with Gasteiger partial charge in [-0.15, -0.1) is 11.3 Å². The monoisotopic (exact) mass is 400 g/mol. The summed E-state index contributed by atoms with van der Waals surface area (Å²) in [5, 5.41) is 25.7. The van der Waals surface area contributed by atoms with Crippen LogP contribution >= 0.6 is 11.3 Å². The molecule has 1 aliphatic carbocycles. The molecule has 10 heteroatoms. The van der Waals surface area contributed by atoms with Crippen molar-refractivity contribution in [1.82, 2.24) is 9.66 Å². The van der Waals surface area contributed by atoms with Gasteiger partial charge in [0.15, 0.2) is 5.75 Å². The van der Waals surface area contributed by atoms with Crippen LogP contribution in [-0.4, -0.2) is 33.0 Å². The molecule has 3 aromatic rings. The second-order valence-electron chi connectivity index (χ2n) is 6.38. The van der Waals surface area contributed by atoms with Gasteiger partial charge in [0.2, 0.25) is 5.75 Å². The first-order valence-corrected chi connectivity index (χ1v) is 9.43. The van der Waals surface area contributed by atoms with Crippen LogP contribution in [0.1, 0.15) is 28.8 Å². The van der Waals surface area contributed by atoms with Crippen molar-refractivity contribution in [2.75, 3.05) is 7.11 Å². The highest BCUT2D eigenvalue weighted by molar-refractivity contribution is 7.18. The fraction of sp³-hybridized carbons (Fsp3) is 0.278. The van der Waals surface area contributed by atoms with Crippen molar-refractivity contribution in [2.45, 2.75) is 25.7 Å². The Hall–Kier alpha value is -3.27. The molecule has 4 rings (SSSR count). The molecule has 0 fully saturated rings. The molecule has 1 aromatic carbocycles. The topological polar surface area (TPSA) is 120 Å². The van der Waals surface area contributed by atoms with E-state index in [2.05, 4.69) is 10.1 Å². The van der Waals surface area contributed by atoms with E-state index in [0.29, 0.717) is 15.8 Å². The molecule has 0 unspecified atom stereocenters. The number of nitro benzene ring substituents is 1. The first-order chi connectivity index (χ1) is 13.5. The van der Waals surface area contributed by atoms with E-state index in [9.17, 15) is 20.0 Å². The van der Waals surface area contributed by atoms with Gasteiger partial charge in [-0.3, -0.25) is 14.9 Å². The third kappa shape index (κ3) is 3.01. The molecule has 0 saturated carbocycles. The molecule has 144 valence electrons. The highest BCUT2D eigenvalue weighted by Crippen LogP contribution is 2.36. The lowest BCUT2D eigenvalue weighted by Crippen LogP contribution is -2.18. The quantitative estimate of drug-likeness (QED) is 0.408. The second-order valence-corrected chi connectivity index (χ2v) is 7.46. The van der Waals surface area contributed by atoms with Gasteiger partial charge in [-0.25, -0.2) is 4.98 Å². The van der Waals surface area contributed by atoms with Gasteiger partial charge in [0, 0.05) is 16.5 Å². The molecule has 0 radical (unpaired) electrons. The molecule has 0 spiro atoms. The molecule has 1 N–H and O–H groups in total. The summed E-state index contributed by atoms with van der Waals surface area (Å²) < 4.78 is 6.09. The fourth-order valence-electron chi connectivity index (χ4n) is 3.33. The number of rotatable bonds is 4. The van der Waals surface area contributed by atoms with Crippen molar-refractivity contribution in [3.8, 4) is 11.5 Å². The molecule has 0 aliphatic heterocycles.